The van der Waals surface area contributed by atoms with Gasteiger partial charge in [-0.3, -0.25) is 9.78 Å². The smallest absolute Gasteiger partial charge is 0.246 e. The second-order valence-corrected chi connectivity index (χ2v) is 8.73. The number of aromatic nitrogens is 3. The third-order valence-electron chi connectivity index (χ3n) is 6.29. The molecular formula is C29H24F2N4O. The highest BCUT2D eigenvalue weighted by atomic mass is 19.1. The Hall–Kier alpha value is -4.26. The molecule has 1 atom stereocenters. The fourth-order valence-corrected chi connectivity index (χ4v) is 4.51. The molecular weight excluding hydrogens is 458 g/mol. The van der Waals surface area contributed by atoms with Crippen LogP contribution >= 0.6 is 0 Å². The van der Waals surface area contributed by atoms with Crippen molar-refractivity contribution < 1.29 is 13.6 Å². The Kier molecular flexibility index (Phi) is 6.89. The molecule has 1 aliphatic rings. The number of piperidine rings is 1. The molecule has 0 unspecified atom stereocenters. The molecule has 36 heavy (non-hydrogen) atoms. The first-order valence-corrected chi connectivity index (χ1v) is 11.8. The average Bonchev–Trinajstić information content (AvgIpc) is 2.92. The van der Waals surface area contributed by atoms with E-state index in [2.05, 4.69) is 9.97 Å². The quantitative estimate of drug-likeness (QED) is 0.332. The molecule has 1 fully saturated rings. The van der Waals surface area contributed by atoms with Gasteiger partial charge in [-0.2, -0.15) is 0 Å². The third kappa shape index (κ3) is 5.20. The summed E-state index contributed by atoms with van der Waals surface area (Å²) >= 11 is 0. The standard InChI is InChI=1S/C29H24F2N4O/c30-23-9-3-6-20(16-23)12-13-27(36)35-15-5-8-22(19-35)28-25(24-10-1-2-11-26(24)31)18-33-29(34-28)21-7-4-14-32-17-21/h1-4,6-7,9-14,16-18,22H,5,8,15,19H2/b13-12+/t22-/m1/s1. The van der Waals surface area contributed by atoms with Crippen LogP contribution in [0.5, 0.6) is 0 Å². The van der Waals surface area contributed by atoms with Crippen molar-refractivity contribution in [3.63, 3.8) is 0 Å². The summed E-state index contributed by atoms with van der Waals surface area (Å²) in [6, 6.07) is 16.4. The van der Waals surface area contributed by atoms with Crippen molar-refractivity contribution in [3.05, 3.63) is 108 Å². The van der Waals surface area contributed by atoms with Gasteiger partial charge in [0.25, 0.3) is 0 Å². The molecule has 7 heteroatoms. The van der Waals surface area contributed by atoms with E-state index >= 15 is 0 Å². The molecule has 0 bridgehead atoms. The topological polar surface area (TPSA) is 59.0 Å². The fourth-order valence-electron chi connectivity index (χ4n) is 4.51. The molecule has 1 saturated heterocycles. The van der Waals surface area contributed by atoms with Crippen LogP contribution in [-0.2, 0) is 4.79 Å². The lowest BCUT2D eigenvalue weighted by Crippen LogP contribution is -2.38. The monoisotopic (exact) mass is 482 g/mol. The van der Waals surface area contributed by atoms with Gasteiger partial charge in [-0.1, -0.05) is 30.3 Å². The number of halogens is 2. The molecule has 180 valence electrons. The van der Waals surface area contributed by atoms with Gasteiger partial charge in [0.05, 0.1) is 5.69 Å². The molecule has 4 aromatic rings. The second-order valence-electron chi connectivity index (χ2n) is 8.73. The van der Waals surface area contributed by atoms with E-state index in [1.54, 1.807) is 59.9 Å². The van der Waals surface area contributed by atoms with Crippen LogP contribution in [-0.4, -0.2) is 38.8 Å². The van der Waals surface area contributed by atoms with Crippen LogP contribution in [0.15, 0.2) is 85.3 Å². The number of rotatable bonds is 5. The van der Waals surface area contributed by atoms with E-state index in [0.29, 0.717) is 41.3 Å². The highest BCUT2D eigenvalue weighted by Gasteiger charge is 2.28. The molecule has 5 nitrogen and oxygen atoms in total. The molecule has 0 spiro atoms. The maximum atomic E-state index is 14.8. The van der Waals surface area contributed by atoms with E-state index < -0.39 is 0 Å². The van der Waals surface area contributed by atoms with Gasteiger partial charge >= 0.3 is 0 Å². The highest BCUT2D eigenvalue weighted by Crippen LogP contribution is 2.35. The van der Waals surface area contributed by atoms with E-state index in [9.17, 15) is 13.6 Å². The number of hydrogen-bond donors (Lipinski definition) is 0. The van der Waals surface area contributed by atoms with Gasteiger partial charge in [-0.15, -0.1) is 0 Å². The highest BCUT2D eigenvalue weighted by molar-refractivity contribution is 5.92. The van der Waals surface area contributed by atoms with Gasteiger partial charge < -0.3 is 4.90 Å². The zero-order valence-corrected chi connectivity index (χ0v) is 19.5. The lowest BCUT2D eigenvalue weighted by molar-refractivity contribution is -0.127. The molecule has 0 N–H and O–H groups in total. The molecule has 2 aromatic carbocycles. The van der Waals surface area contributed by atoms with Crippen LogP contribution in [0.2, 0.25) is 0 Å². The molecule has 3 heterocycles. The van der Waals surface area contributed by atoms with Crippen molar-refractivity contribution in [1.82, 2.24) is 19.9 Å². The number of nitrogens with zero attached hydrogens (tertiary/aromatic N) is 4. The Labute approximate surface area is 208 Å². The minimum absolute atomic E-state index is 0.0988. The molecule has 0 saturated carbocycles. The number of amides is 1. The van der Waals surface area contributed by atoms with Gasteiger partial charge in [0.1, 0.15) is 11.6 Å². The number of benzene rings is 2. The Morgan fingerprint density at radius 3 is 2.69 bits per heavy atom. The molecule has 0 aliphatic carbocycles. The lowest BCUT2D eigenvalue weighted by atomic mass is 9.89. The van der Waals surface area contributed by atoms with Gasteiger partial charge in [-0.25, -0.2) is 18.7 Å². The minimum Gasteiger partial charge on any atom is -0.338 e. The normalized spacial score (nSPS) is 15.8. The Morgan fingerprint density at radius 2 is 1.89 bits per heavy atom. The summed E-state index contributed by atoms with van der Waals surface area (Å²) in [6.07, 6.45) is 9.71. The summed E-state index contributed by atoms with van der Waals surface area (Å²) in [7, 11) is 0. The molecule has 2 aromatic heterocycles. The first-order valence-electron chi connectivity index (χ1n) is 11.8. The fraction of sp³-hybridized carbons (Fsp3) is 0.172. The van der Waals surface area contributed by atoms with Crippen LogP contribution in [0.4, 0.5) is 8.78 Å². The lowest BCUT2D eigenvalue weighted by Gasteiger charge is -2.32. The van der Waals surface area contributed by atoms with Crippen molar-refractivity contribution in [3.8, 4) is 22.5 Å². The first-order chi connectivity index (χ1) is 17.6. The molecule has 5 rings (SSSR count). The predicted molar refractivity (Wildman–Crippen MR) is 135 cm³/mol. The maximum absolute atomic E-state index is 14.8. The second kappa shape index (κ2) is 10.6. The van der Waals surface area contributed by atoms with E-state index in [-0.39, 0.29) is 23.5 Å². The van der Waals surface area contributed by atoms with Gasteiger partial charge in [-0.05, 0) is 54.8 Å². The largest absolute Gasteiger partial charge is 0.338 e. The summed E-state index contributed by atoms with van der Waals surface area (Å²) in [6.45, 7) is 1.05. The zero-order valence-electron chi connectivity index (χ0n) is 19.5. The number of carbonyl (C=O) groups excluding carboxylic acids is 1. The summed E-state index contributed by atoms with van der Waals surface area (Å²) < 4.78 is 28.2. The van der Waals surface area contributed by atoms with Crippen LogP contribution in [0.1, 0.15) is 30.0 Å². The number of hydrogen-bond acceptors (Lipinski definition) is 4. The number of pyridine rings is 1. The Bertz CT molecular complexity index is 1410. The predicted octanol–water partition coefficient (Wildman–Crippen LogP) is 5.90. The zero-order chi connectivity index (χ0) is 24.9. The SMILES string of the molecule is O=C(/C=C/c1cccc(F)c1)N1CCC[C@@H](c2nc(-c3cccnc3)ncc2-c2ccccc2F)C1. The van der Waals surface area contributed by atoms with E-state index in [4.69, 9.17) is 4.98 Å². The Morgan fingerprint density at radius 1 is 1.00 bits per heavy atom. The van der Waals surface area contributed by atoms with Gasteiger partial charge in [0.15, 0.2) is 5.82 Å². The third-order valence-corrected chi connectivity index (χ3v) is 6.29. The van der Waals surface area contributed by atoms with Crippen molar-refractivity contribution in [1.29, 1.82) is 0 Å². The average molecular weight is 483 g/mol. The molecule has 1 amide bonds. The van der Waals surface area contributed by atoms with Crippen LogP contribution < -0.4 is 0 Å². The number of likely N-dealkylation sites (tertiary alicyclic amines) is 1. The van der Waals surface area contributed by atoms with Gasteiger partial charge in [0, 0.05) is 60.4 Å². The minimum atomic E-state index is -0.350. The summed E-state index contributed by atoms with van der Waals surface area (Å²) in [5.41, 5.74) is 3.15. The maximum Gasteiger partial charge on any atom is 0.246 e. The van der Waals surface area contributed by atoms with Crippen LogP contribution in [0.25, 0.3) is 28.6 Å². The van der Waals surface area contributed by atoms with Crippen LogP contribution in [0, 0.1) is 11.6 Å². The Balaban J connectivity index is 1.46. The van der Waals surface area contributed by atoms with Crippen molar-refractivity contribution in [2.45, 2.75) is 18.8 Å². The summed E-state index contributed by atoms with van der Waals surface area (Å²) in [5, 5.41) is 0. The van der Waals surface area contributed by atoms with Crippen molar-refractivity contribution in [2.75, 3.05) is 13.1 Å². The summed E-state index contributed by atoms with van der Waals surface area (Å²) in [5.74, 6) is -0.446. The van der Waals surface area contributed by atoms with Gasteiger partial charge in [0.2, 0.25) is 5.91 Å². The van der Waals surface area contributed by atoms with E-state index in [1.165, 1.54) is 24.3 Å². The van der Waals surface area contributed by atoms with Crippen LogP contribution in [0.3, 0.4) is 0 Å². The van der Waals surface area contributed by atoms with Crippen molar-refractivity contribution >= 4 is 12.0 Å². The van der Waals surface area contributed by atoms with E-state index in [1.807, 2.05) is 12.1 Å². The number of carbonyl (C=O) groups is 1. The first kappa shape index (κ1) is 23.5. The van der Waals surface area contributed by atoms with E-state index in [0.717, 1.165) is 18.4 Å². The molecule has 0 radical (unpaired) electrons. The summed E-state index contributed by atoms with van der Waals surface area (Å²) in [4.78, 5) is 28.3. The van der Waals surface area contributed by atoms with Crippen molar-refractivity contribution in [2.24, 2.45) is 0 Å². The molecule has 1 aliphatic heterocycles.